The molecular formula is C23H16BrFN2O2. The first-order valence-electron chi connectivity index (χ1n) is 8.70. The van der Waals surface area contributed by atoms with Crippen LogP contribution in [0.5, 0.6) is 5.75 Å². The van der Waals surface area contributed by atoms with Crippen molar-refractivity contribution < 1.29 is 13.9 Å². The average molecular weight is 451 g/mol. The number of nitriles is 1. The number of hydrogen-bond donors (Lipinski definition) is 1. The highest BCUT2D eigenvalue weighted by Crippen LogP contribution is 2.28. The number of anilines is 1. The smallest absolute Gasteiger partial charge is 0.262 e. The molecule has 0 bridgehead atoms. The lowest BCUT2D eigenvalue weighted by atomic mass is 10.0. The molecule has 0 fully saturated rings. The fraction of sp³-hybridized carbons (Fsp3) is 0.0435. The van der Waals surface area contributed by atoms with E-state index in [1.54, 1.807) is 48.5 Å². The van der Waals surface area contributed by atoms with Crippen molar-refractivity contribution in [2.75, 3.05) is 11.9 Å². The van der Waals surface area contributed by atoms with Gasteiger partial charge in [0.2, 0.25) is 0 Å². The molecule has 1 amide bonds. The number of ether oxygens (including phenoxy) is 1. The lowest BCUT2D eigenvalue weighted by Gasteiger charge is -2.10. The Kier molecular flexibility index (Phi) is 6.77. The van der Waals surface area contributed by atoms with Gasteiger partial charge < -0.3 is 10.1 Å². The number of amides is 1. The van der Waals surface area contributed by atoms with Crippen LogP contribution in [0.1, 0.15) is 11.1 Å². The highest BCUT2D eigenvalue weighted by atomic mass is 79.9. The van der Waals surface area contributed by atoms with Gasteiger partial charge in [-0.1, -0.05) is 36.4 Å². The van der Waals surface area contributed by atoms with Gasteiger partial charge in [-0.15, -0.1) is 0 Å². The van der Waals surface area contributed by atoms with Crippen molar-refractivity contribution in [3.05, 3.63) is 94.2 Å². The summed E-state index contributed by atoms with van der Waals surface area (Å²) >= 11 is 3.42. The quantitative estimate of drug-likeness (QED) is 0.388. The van der Waals surface area contributed by atoms with Crippen LogP contribution in [0.25, 0.3) is 11.6 Å². The Balaban J connectivity index is 1.67. The van der Waals surface area contributed by atoms with E-state index in [4.69, 9.17) is 4.74 Å². The van der Waals surface area contributed by atoms with Crippen molar-refractivity contribution in [1.29, 1.82) is 5.26 Å². The largest absolute Gasteiger partial charge is 0.483 e. The first-order chi connectivity index (χ1) is 14.0. The fourth-order valence-corrected chi connectivity index (χ4v) is 3.07. The minimum atomic E-state index is -0.355. The molecule has 3 aromatic rings. The third-order valence-electron chi connectivity index (χ3n) is 3.96. The van der Waals surface area contributed by atoms with Gasteiger partial charge in [-0.25, -0.2) is 4.39 Å². The highest BCUT2D eigenvalue weighted by Gasteiger charge is 2.08. The van der Waals surface area contributed by atoms with Crippen molar-refractivity contribution in [3.63, 3.8) is 0 Å². The Bertz CT molecular complexity index is 1070. The maximum atomic E-state index is 13.1. The Hall–Kier alpha value is -3.43. The average Bonchev–Trinajstić information content (AvgIpc) is 2.73. The molecule has 0 aliphatic rings. The van der Waals surface area contributed by atoms with Crippen LogP contribution in [0.15, 0.2) is 77.3 Å². The van der Waals surface area contributed by atoms with Gasteiger partial charge in [0.25, 0.3) is 5.91 Å². The molecule has 3 rings (SSSR count). The van der Waals surface area contributed by atoms with Gasteiger partial charge >= 0.3 is 0 Å². The number of rotatable bonds is 6. The van der Waals surface area contributed by atoms with E-state index in [0.717, 1.165) is 5.56 Å². The van der Waals surface area contributed by atoms with E-state index >= 15 is 0 Å². The summed E-state index contributed by atoms with van der Waals surface area (Å²) in [5, 5.41) is 12.2. The predicted octanol–water partition coefficient (Wildman–Crippen LogP) is 5.67. The lowest BCUT2D eigenvalue weighted by Crippen LogP contribution is -2.20. The first kappa shape index (κ1) is 20.3. The molecule has 0 spiro atoms. The Morgan fingerprint density at radius 2 is 1.83 bits per heavy atom. The number of nitrogens with one attached hydrogen (secondary N) is 1. The summed E-state index contributed by atoms with van der Waals surface area (Å²) in [4.78, 5) is 12.0. The molecule has 1 N–H and O–H groups in total. The van der Waals surface area contributed by atoms with E-state index in [1.165, 1.54) is 12.1 Å². The number of hydrogen-bond acceptors (Lipinski definition) is 3. The van der Waals surface area contributed by atoms with Crippen LogP contribution in [0.2, 0.25) is 0 Å². The molecule has 0 atom stereocenters. The summed E-state index contributed by atoms with van der Waals surface area (Å²) in [5.74, 6) is -0.118. The number of carbonyl (C=O) groups excluding carboxylic acids is 1. The number of halogens is 2. The highest BCUT2D eigenvalue weighted by molar-refractivity contribution is 9.10. The number of allylic oxidation sites excluding steroid dienone is 1. The van der Waals surface area contributed by atoms with E-state index < -0.39 is 0 Å². The van der Waals surface area contributed by atoms with Gasteiger partial charge in [-0.3, -0.25) is 4.79 Å². The second-order valence-electron chi connectivity index (χ2n) is 6.07. The second-order valence-corrected chi connectivity index (χ2v) is 6.92. The summed E-state index contributed by atoms with van der Waals surface area (Å²) < 4.78 is 19.3. The van der Waals surface area contributed by atoms with Crippen molar-refractivity contribution in [1.82, 2.24) is 0 Å². The molecule has 3 aromatic carbocycles. The molecule has 0 aliphatic heterocycles. The molecule has 0 heterocycles. The van der Waals surface area contributed by atoms with Gasteiger partial charge in [-0.05, 0) is 69.5 Å². The third-order valence-corrected chi connectivity index (χ3v) is 4.58. The van der Waals surface area contributed by atoms with Crippen molar-refractivity contribution in [2.45, 2.75) is 0 Å². The summed E-state index contributed by atoms with van der Waals surface area (Å²) in [6.45, 7) is -0.137. The van der Waals surface area contributed by atoms with Gasteiger partial charge in [0.05, 0.1) is 16.1 Å². The molecule has 0 radical (unpaired) electrons. The molecular weight excluding hydrogens is 435 g/mol. The lowest BCUT2D eigenvalue weighted by molar-refractivity contribution is -0.118. The second kappa shape index (κ2) is 9.67. The summed E-state index contributed by atoms with van der Waals surface area (Å²) in [7, 11) is 0. The number of carbonyl (C=O) groups is 1. The van der Waals surface area contributed by atoms with Crippen molar-refractivity contribution >= 4 is 39.2 Å². The molecule has 4 nitrogen and oxygen atoms in total. The maximum absolute atomic E-state index is 13.1. The monoisotopic (exact) mass is 450 g/mol. The Labute approximate surface area is 176 Å². The van der Waals surface area contributed by atoms with Crippen molar-refractivity contribution in [3.8, 4) is 11.8 Å². The van der Waals surface area contributed by atoms with Gasteiger partial charge in [-0.2, -0.15) is 5.26 Å². The Morgan fingerprint density at radius 3 is 2.48 bits per heavy atom. The SMILES string of the molecule is N#C/C(=C/c1ccc(OCC(=O)Nc2ccccc2)c(Br)c1)c1ccc(F)cc1. The van der Waals surface area contributed by atoms with Crippen LogP contribution in [0.3, 0.4) is 0 Å². The van der Waals surface area contributed by atoms with Crippen LogP contribution in [0, 0.1) is 17.1 Å². The van der Waals surface area contributed by atoms with E-state index in [9.17, 15) is 14.4 Å². The summed E-state index contributed by atoms with van der Waals surface area (Å²) in [6, 6.07) is 22.3. The molecule has 6 heteroatoms. The zero-order chi connectivity index (χ0) is 20.6. The topological polar surface area (TPSA) is 62.1 Å². The summed E-state index contributed by atoms with van der Waals surface area (Å²) in [5.41, 5.74) is 2.50. The molecule has 0 aliphatic carbocycles. The molecule has 144 valence electrons. The van der Waals surface area contributed by atoms with Gasteiger partial charge in [0.15, 0.2) is 6.61 Å². The number of para-hydroxylation sites is 1. The minimum Gasteiger partial charge on any atom is -0.483 e. The zero-order valence-corrected chi connectivity index (χ0v) is 16.8. The normalized spacial score (nSPS) is 10.9. The molecule has 0 saturated heterocycles. The fourth-order valence-electron chi connectivity index (χ4n) is 2.56. The minimum absolute atomic E-state index is 0.137. The van der Waals surface area contributed by atoms with Crippen LogP contribution < -0.4 is 10.1 Å². The number of benzene rings is 3. The molecule has 0 aromatic heterocycles. The summed E-state index contributed by atoms with van der Waals surface area (Å²) in [6.07, 6.45) is 1.70. The number of nitrogens with zero attached hydrogens (tertiary/aromatic N) is 1. The maximum Gasteiger partial charge on any atom is 0.262 e. The van der Waals surface area contributed by atoms with E-state index in [0.29, 0.717) is 27.0 Å². The van der Waals surface area contributed by atoms with Gasteiger partial charge in [0, 0.05) is 5.69 Å². The zero-order valence-electron chi connectivity index (χ0n) is 15.2. The molecule has 29 heavy (non-hydrogen) atoms. The van der Waals surface area contributed by atoms with Crippen molar-refractivity contribution in [2.24, 2.45) is 0 Å². The first-order valence-corrected chi connectivity index (χ1v) is 9.49. The van der Waals surface area contributed by atoms with E-state index in [2.05, 4.69) is 27.3 Å². The standard InChI is InChI=1S/C23H16BrFN2O2/c24-21-13-16(12-18(14-26)17-7-9-19(25)10-8-17)6-11-22(21)29-15-23(28)27-20-4-2-1-3-5-20/h1-13H,15H2,(H,27,28)/b18-12-. The van der Waals surface area contributed by atoms with E-state index in [1.807, 2.05) is 18.2 Å². The van der Waals surface area contributed by atoms with Crippen LogP contribution >= 0.6 is 15.9 Å². The van der Waals surface area contributed by atoms with Crippen LogP contribution in [-0.2, 0) is 4.79 Å². The van der Waals surface area contributed by atoms with Crippen LogP contribution in [-0.4, -0.2) is 12.5 Å². The molecule has 0 unspecified atom stereocenters. The predicted molar refractivity (Wildman–Crippen MR) is 115 cm³/mol. The third kappa shape index (κ3) is 5.77. The van der Waals surface area contributed by atoms with E-state index in [-0.39, 0.29) is 18.3 Å². The molecule has 0 saturated carbocycles. The Morgan fingerprint density at radius 1 is 1.10 bits per heavy atom. The van der Waals surface area contributed by atoms with Crippen LogP contribution in [0.4, 0.5) is 10.1 Å². The van der Waals surface area contributed by atoms with Gasteiger partial charge in [0.1, 0.15) is 11.6 Å².